The van der Waals surface area contributed by atoms with E-state index in [4.69, 9.17) is 40.5 Å². The Morgan fingerprint density at radius 1 is 1.24 bits per heavy atom. The Balaban J connectivity index is 1.54. The van der Waals surface area contributed by atoms with Crippen LogP contribution < -0.4 is 5.73 Å². The number of rotatable bonds is 5. The summed E-state index contributed by atoms with van der Waals surface area (Å²) in [5, 5.41) is 0.395. The number of nitrogens with two attached hydrogens (primary N) is 1. The van der Waals surface area contributed by atoms with Gasteiger partial charge in [0.25, 0.3) is 0 Å². The standard InChI is InChI=1S/C25H29Cl3FN3O/c1-15-3-2-4-16(9-15)25(33)31-8-7-19(14-31)32(18-5-6-24(30)22(28)11-18)13-17-10-23(29)21(27)12-20(17)26/h2-6,10,15,18-20H,7-9,11-14,30H2,1H3/t15?,18?,19-,20?/m0/s1. The van der Waals surface area contributed by atoms with Gasteiger partial charge < -0.3 is 10.6 Å². The smallest absolute Gasteiger partial charge is 0.249 e. The van der Waals surface area contributed by atoms with Gasteiger partial charge in [-0.3, -0.25) is 9.69 Å². The van der Waals surface area contributed by atoms with Gasteiger partial charge >= 0.3 is 0 Å². The minimum absolute atomic E-state index is 0.0177. The minimum atomic E-state index is -0.431. The van der Waals surface area contributed by atoms with Crippen LogP contribution in [0.15, 0.2) is 69.2 Å². The highest BCUT2D eigenvalue weighted by Crippen LogP contribution is 2.35. The molecule has 4 rings (SSSR count). The number of hydrogen-bond acceptors (Lipinski definition) is 3. The van der Waals surface area contributed by atoms with Crippen molar-refractivity contribution < 1.29 is 9.18 Å². The van der Waals surface area contributed by atoms with E-state index in [9.17, 15) is 9.18 Å². The number of nitrogens with zero attached hydrogens (tertiary/aromatic N) is 2. The number of allylic oxidation sites excluding steroid dienone is 7. The zero-order valence-corrected chi connectivity index (χ0v) is 20.9. The maximum absolute atomic E-state index is 14.3. The van der Waals surface area contributed by atoms with Crippen LogP contribution in [0, 0.1) is 5.92 Å². The van der Waals surface area contributed by atoms with Gasteiger partial charge in [0.2, 0.25) is 5.91 Å². The molecule has 8 heteroatoms. The SMILES string of the molecule is CC1C=CC=C(C(=O)N2CC[C@H](N(CC3=CC(F)=C(Cl)CC3Cl)C3C=CC(N)=C(Cl)C3)C2)C1. The average Bonchev–Trinajstić information content (AvgIpc) is 3.26. The summed E-state index contributed by atoms with van der Waals surface area (Å²) in [5.41, 5.74) is 8.16. The number of carbonyl (C=O) groups is 1. The molecule has 0 aromatic rings. The maximum Gasteiger partial charge on any atom is 0.249 e. The summed E-state index contributed by atoms with van der Waals surface area (Å²) in [7, 11) is 0. The average molecular weight is 513 g/mol. The van der Waals surface area contributed by atoms with Crippen LogP contribution >= 0.6 is 34.8 Å². The summed E-state index contributed by atoms with van der Waals surface area (Å²) < 4.78 is 14.3. The molecule has 1 fully saturated rings. The second-order valence-electron chi connectivity index (χ2n) is 9.26. The summed E-state index contributed by atoms with van der Waals surface area (Å²) in [6.45, 7) is 3.87. The molecule has 3 aliphatic carbocycles. The highest BCUT2D eigenvalue weighted by atomic mass is 35.5. The van der Waals surface area contributed by atoms with Gasteiger partial charge in [0.1, 0.15) is 5.83 Å². The third-order valence-electron chi connectivity index (χ3n) is 6.80. The van der Waals surface area contributed by atoms with Crippen LogP contribution in [0.3, 0.4) is 0 Å². The molecule has 0 saturated carbocycles. The number of hydrogen-bond donors (Lipinski definition) is 1. The second kappa shape index (κ2) is 10.4. The van der Waals surface area contributed by atoms with Gasteiger partial charge in [-0.15, -0.1) is 11.6 Å². The third kappa shape index (κ3) is 5.59. The first-order chi connectivity index (χ1) is 15.7. The molecule has 4 aliphatic rings. The molecule has 3 unspecified atom stereocenters. The van der Waals surface area contributed by atoms with Gasteiger partial charge in [-0.05, 0) is 36.5 Å². The Bertz CT molecular complexity index is 997. The minimum Gasteiger partial charge on any atom is -0.398 e. The molecule has 2 N–H and O–H groups in total. The van der Waals surface area contributed by atoms with E-state index in [1.165, 1.54) is 6.08 Å². The lowest BCUT2D eigenvalue weighted by molar-refractivity contribution is -0.126. The first-order valence-electron chi connectivity index (χ1n) is 11.4. The number of halogens is 4. The fourth-order valence-corrected chi connectivity index (χ4v) is 5.69. The monoisotopic (exact) mass is 511 g/mol. The molecule has 33 heavy (non-hydrogen) atoms. The van der Waals surface area contributed by atoms with Crippen molar-refractivity contribution in [3.63, 3.8) is 0 Å². The van der Waals surface area contributed by atoms with E-state index in [1.807, 2.05) is 29.2 Å². The van der Waals surface area contributed by atoms with E-state index in [0.29, 0.717) is 42.7 Å². The van der Waals surface area contributed by atoms with Crippen LogP contribution in [-0.4, -0.2) is 52.8 Å². The molecule has 0 radical (unpaired) electrons. The molecule has 0 bridgehead atoms. The van der Waals surface area contributed by atoms with Gasteiger partial charge in [-0.25, -0.2) is 4.39 Å². The number of likely N-dealkylation sites (tertiary alicyclic amines) is 1. The van der Waals surface area contributed by atoms with Crippen molar-refractivity contribution in [1.82, 2.24) is 9.80 Å². The fourth-order valence-electron chi connectivity index (χ4n) is 4.90. The molecule has 0 aromatic carbocycles. The topological polar surface area (TPSA) is 49.6 Å². The molecular formula is C25H29Cl3FN3O. The van der Waals surface area contributed by atoms with Gasteiger partial charge in [-0.2, -0.15) is 0 Å². The number of alkyl halides is 1. The summed E-state index contributed by atoms with van der Waals surface area (Å²) >= 11 is 18.9. The van der Waals surface area contributed by atoms with Crippen molar-refractivity contribution in [3.8, 4) is 0 Å². The molecular weight excluding hydrogens is 484 g/mol. The largest absolute Gasteiger partial charge is 0.398 e. The van der Waals surface area contributed by atoms with Gasteiger partial charge in [0.15, 0.2) is 0 Å². The highest BCUT2D eigenvalue weighted by Gasteiger charge is 2.36. The number of carbonyl (C=O) groups excluding carboxylic acids is 1. The molecule has 0 spiro atoms. The van der Waals surface area contributed by atoms with E-state index in [0.717, 1.165) is 24.0 Å². The summed E-state index contributed by atoms with van der Waals surface area (Å²) in [6.07, 6.45) is 13.8. The molecule has 0 aromatic heterocycles. The lowest BCUT2D eigenvalue weighted by Crippen LogP contribution is -2.47. The van der Waals surface area contributed by atoms with Crippen molar-refractivity contribution in [2.75, 3.05) is 19.6 Å². The zero-order valence-electron chi connectivity index (χ0n) is 18.6. The molecule has 4 nitrogen and oxygen atoms in total. The van der Waals surface area contributed by atoms with Crippen LogP contribution in [-0.2, 0) is 4.79 Å². The van der Waals surface area contributed by atoms with Crippen molar-refractivity contribution in [2.45, 2.75) is 50.1 Å². The molecule has 1 amide bonds. The second-order valence-corrected chi connectivity index (χ2v) is 10.7. The van der Waals surface area contributed by atoms with Gasteiger partial charge in [0, 0.05) is 60.9 Å². The predicted octanol–water partition coefficient (Wildman–Crippen LogP) is 5.51. The van der Waals surface area contributed by atoms with Crippen molar-refractivity contribution in [1.29, 1.82) is 0 Å². The predicted molar refractivity (Wildman–Crippen MR) is 134 cm³/mol. The van der Waals surface area contributed by atoms with Gasteiger partial charge in [0.05, 0.1) is 10.4 Å². The van der Waals surface area contributed by atoms with Crippen LogP contribution in [0.4, 0.5) is 4.39 Å². The fraction of sp³-hybridized carbons (Fsp3) is 0.480. The molecule has 4 atom stereocenters. The van der Waals surface area contributed by atoms with E-state index >= 15 is 0 Å². The Morgan fingerprint density at radius 2 is 2.03 bits per heavy atom. The summed E-state index contributed by atoms with van der Waals surface area (Å²) in [4.78, 5) is 17.4. The van der Waals surface area contributed by atoms with E-state index in [2.05, 4.69) is 17.9 Å². The summed E-state index contributed by atoms with van der Waals surface area (Å²) in [6, 6.07) is 0.0784. The number of amides is 1. The zero-order chi connectivity index (χ0) is 23.7. The van der Waals surface area contributed by atoms with E-state index in [1.54, 1.807) is 0 Å². The Hall–Kier alpha value is -1.53. The van der Waals surface area contributed by atoms with Crippen LogP contribution in [0.1, 0.15) is 32.6 Å². The molecule has 1 saturated heterocycles. The van der Waals surface area contributed by atoms with Crippen LogP contribution in [0.5, 0.6) is 0 Å². The van der Waals surface area contributed by atoms with Crippen molar-refractivity contribution in [2.24, 2.45) is 11.7 Å². The molecule has 1 heterocycles. The van der Waals surface area contributed by atoms with Crippen LogP contribution in [0.2, 0.25) is 0 Å². The first kappa shape index (κ1) is 24.6. The quantitative estimate of drug-likeness (QED) is 0.494. The van der Waals surface area contributed by atoms with Crippen LogP contribution in [0.25, 0.3) is 0 Å². The van der Waals surface area contributed by atoms with E-state index < -0.39 is 5.83 Å². The van der Waals surface area contributed by atoms with Crippen molar-refractivity contribution >= 4 is 40.7 Å². The maximum atomic E-state index is 14.3. The lowest BCUT2D eigenvalue weighted by Gasteiger charge is -2.38. The lowest BCUT2D eigenvalue weighted by atomic mass is 9.95. The first-order valence-corrected chi connectivity index (χ1v) is 12.6. The molecule has 1 aliphatic heterocycles. The Kier molecular flexibility index (Phi) is 7.74. The Morgan fingerprint density at radius 3 is 2.76 bits per heavy atom. The highest BCUT2D eigenvalue weighted by molar-refractivity contribution is 6.31. The summed E-state index contributed by atoms with van der Waals surface area (Å²) in [5.74, 6) is 0.0339. The van der Waals surface area contributed by atoms with Gasteiger partial charge in [-0.1, -0.05) is 54.4 Å². The van der Waals surface area contributed by atoms with E-state index in [-0.39, 0.29) is 34.8 Å². The van der Waals surface area contributed by atoms with Crippen molar-refractivity contribution in [3.05, 3.63) is 69.2 Å². The third-order valence-corrected chi connectivity index (χ3v) is 7.94. The Labute approximate surface area is 209 Å². The molecule has 178 valence electrons. The normalized spacial score (nSPS) is 30.3.